The van der Waals surface area contributed by atoms with E-state index in [2.05, 4.69) is 35.0 Å². The molecule has 1 aromatic carbocycles. The van der Waals surface area contributed by atoms with Crippen LogP contribution in [0.4, 0.5) is 0 Å². The molecule has 1 N–H and O–H groups in total. The number of nitrogens with one attached hydrogen (secondary N) is 1. The van der Waals surface area contributed by atoms with E-state index in [4.69, 9.17) is 4.98 Å². The standard InChI is InChI=1S/C15H16N2S/c1-2-5-11-10(4-1)8-12(11)15-17-14(9-18-15)13-6-3-7-16-13/h1-2,4-5,9,12-13,16H,3,6-8H2/t12?,13-/m0/s1. The molecule has 0 amide bonds. The van der Waals surface area contributed by atoms with Crippen LogP contribution in [0.3, 0.4) is 0 Å². The predicted octanol–water partition coefficient (Wildman–Crippen LogP) is 3.26. The lowest BCUT2D eigenvalue weighted by molar-refractivity contribution is 0.621. The Morgan fingerprint density at radius 3 is 3.06 bits per heavy atom. The topological polar surface area (TPSA) is 24.9 Å². The molecule has 92 valence electrons. The van der Waals surface area contributed by atoms with Crippen molar-refractivity contribution >= 4 is 11.3 Å². The van der Waals surface area contributed by atoms with Gasteiger partial charge in [0.1, 0.15) is 5.01 Å². The molecule has 1 aliphatic heterocycles. The highest BCUT2D eigenvalue weighted by Gasteiger charge is 2.30. The average Bonchev–Trinajstić information content (AvgIpc) is 3.00. The quantitative estimate of drug-likeness (QED) is 0.892. The summed E-state index contributed by atoms with van der Waals surface area (Å²) in [7, 11) is 0. The Labute approximate surface area is 111 Å². The molecule has 2 aliphatic rings. The molecule has 0 bridgehead atoms. The molecule has 0 saturated carbocycles. The van der Waals surface area contributed by atoms with Crippen LogP contribution in [0, 0.1) is 0 Å². The number of rotatable bonds is 2. The molecule has 1 fully saturated rings. The van der Waals surface area contributed by atoms with E-state index in [1.54, 1.807) is 0 Å². The highest BCUT2D eigenvalue weighted by molar-refractivity contribution is 7.09. The minimum absolute atomic E-state index is 0.505. The van der Waals surface area contributed by atoms with Crippen LogP contribution in [0.2, 0.25) is 0 Å². The number of aromatic nitrogens is 1. The maximum Gasteiger partial charge on any atom is 0.101 e. The van der Waals surface area contributed by atoms with Crippen molar-refractivity contribution in [3.05, 3.63) is 51.5 Å². The van der Waals surface area contributed by atoms with Gasteiger partial charge in [0.05, 0.1) is 11.7 Å². The van der Waals surface area contributed by atoms with Crippen LogP contribution < -0.4 is 5.32 Å². The van der Waals surface area contributed by atoms with Crippen molar-refractivity contribution in [1.29, 1.82) is 0 Å². The summed E-state index contributed by atoms with van der Waals surface area (Å²) in [4.78, 5) is 4.87. The molecule has 0 spiro atoms. The zero-order valence-electron chi connectivity index (χ0n) is 10.2. The van der Waals surface area contributed by atoms with E-state index in [0.717, 1.165) is 6.54 Å². The molecular weight excluding hydrogens is 240 g/mol. The molecule has 1 unspecified atom stereocenters. The minimum Gasteiger partial charge on any atom is -0.309 e. The molecule has 1 aromatic heterocycles. The summed E-state index contributed by atoms with van der Waals surface area (Å²) in [5.74, 6) is 0.557. The summed E-state index contributed by atoms with van der Waals surface area (Å²) in [6, 6.07) is 9.26. The van der Waals surface area contributed by atoms with E-state index in [9.17, 15) is 0 Å². The van der Waals surface area contributed by atoms with Gasteiger partial charge in [0, 0.05) is 11.3 Å². The molecule has 1 aliphatic carbocycles. The average molecular weight is 256 g/mol. The van der Waals surface area contributed by atoms with Gasteiger partial charge in [-0.1, -0.05) is 24.3 Å². The second kappa shape index (κ2) is 4.18. The van der Waals surface area contributed by atoms with E-state index in [-0.39, 0.29) is 0 Å². The molecule has 2 nitrogen and oxygen atoms in total. The minimum atomic E-state index is 0.505. The van der Waals surface area contributed by atoms with E-state index in [1.165, 1.54) is 41.1 Å². The molecule has 2 atom stereocenters. The lowest BCUT2D eigenvalue weighted by atomic mass is 9.78. The lowest BCUT2D eigenvalue weighted by Crippen LogP contribution is -2.18. The van der Waals surface area contributed by atoms with Crippen LogP contribution in [0.25, 0.3) is 0 Å². The summed E-state index contributed by atoms with van der Waals surface area (Å²) in [5.41, 5.74) is 4.24. The van der Waals surface area contributed by atoms with Gasteiger partial charge in [-0.25, -0.2) is 4.98 Å². The van der Waals surface area contributed by atoms with E-state index >= 15 is 0 Å². The Bertz CT molecular complexity index is 569. The van der Waals surface area contributed by atoms with Crippen molar-refractivity contribution in [1.82, 2.24) is 10.3 Å². The van der Waals surface area contributed by atoms with Gasteiger partial charge in [0.25, 0.3) is 0 Å². The highest BCUT2D eigenvalue weighted by Crippen LogP contribution is 2.41. The fourth-order valence-electron chi connectivity index (χ4n) is 3.04. The summed E-state index contributed by atoms with van der Waals surface area (Å²) >= 11 is 1.83. The third-order valence-electron chi connectivity index (χ3n) is 4.11. The molecule has 1 saturated heterocycles. The Hall–Kier alpha value is -1.19. The van der Waals surface area contributed by atoms with Gasteiger partial charge in [-0.3, -0.25) is 0 Å². The first-order valence-electron chi connectivity index (χ1n) is 6.68. The maximum atomic E-state index is 4.87. The largest absolute Gasteiger partial charge is 0.309 e. The van der Waals surface area contributed by atoms with Crippen molar-refractivity contribution in [2.45, 2.75) is 31.2 Å². The molecule has 0 radical (unpaired) electrons. The summed E-state index contributed by atoms with van der Waals surface area (Å²) in [6.45, 7) is 1.14. The van der Waals surface area contributed by atoms with Crippen LogP contribution in [-0.2, 0) is 6.42 Å². The fourth-order valence-corrected chi connectivity index (χ4v) is 4.03. The smallest absolute Gasteiger partial charge is 0.101 e. The van der Waals surface area contributed by atoms with Crippen LogP contribution in [0.5, 0.6) is 0 Å². The molecule has 3 heteroatoms. The first-order chi connectivity index (χ1) is 8.92. The van der Waals surface area contributed by atoms with Gasteiger partial charge in [0.15, 0.2) is 0 Å². The molecule has 4 rings (SSSR count). The number of hydrogen-bond donors (Lipinski definition) is 1. The Morgan fingerprint density at radius 1 is 1.28 bits per heavy atom. The van der Waals surface area contributed by atoms with Crippen molar-refractivity contribution in [2.24, 2.45) is 0 Å². The van der Waals surface area contributed by atoms with Gasteiger partial charge >= 0.3 is 0 Å². The summed E-state index contributed by atoms with van der Waals surface area (Å²) in [6.07, 6.45) is 3.69. The van der Waals surface area contributed by atoms with Crippen molar-refractivity contribution in [2.75, 3.05) is 6.54 Å². The maximum absolute atomic E-state index is 4.87. The Balaban J connectivity index is 1.60. The first kappa shape index (κ1) is 10.7. The SMILES string of the molecule is c1ccc2c(c1)CC2c1nc([C@@H]2CCCN2)cs1. The van der Waals surface area contributed by atoms with Gasteiger partial charge in [-0.2, -0.15) is 0 Å². The predicted molar refractivity (Wildman–Crippen MR) is 74.1 cm³/mol. The Kier molecular flexibility index (Phi) is 2.49. The van der Waals surface area contributed by atoms with Crippen molar-refractivity contribution in [3.8, 4) is 0 Å². The lowest BCUT2D eigenvalue weighted by Gasteiger charge is -2.28. The fraction of sp³-hybridized carbons (Fsp3) is 0.400. The summed E-state index contributed by atoms with van der Waals surface area (Å²) < 4.78 is 0. The highest BCUT2D eigenvalue weighted by atomic mass is 32.1. The number of nitrogens with zero attached hydrogens (tertiary/aromatic N) is 1. The first-order valence-corrected chi connectivity index (χ1v) is 7.56. The van der Waals surface area contributed by atoms with Crippen LogP contribution in [0.1, 0.15) is 46.6 Å². The monoisotopic (exact) mass is 256 g/mol. The zero-order chi connectivity index (χ0) is 11.9. The Morgan fingerprint density at radius 2 is 2.22 bits per heavy atom. The second-order valence-electron chi connectivity index (χ2n) is 5.22. The number of fused-ring (bicyclic) bond motifs is 1. The van der Waals surface area contributed by atoms with Gasteiger partial charge in [0.2, 0.25) is 0 Å². The van der Waals surface area contributed by atoms with E-state index < -0.39 is 0 Å². The molecule has 2 heterocycles. The number of hydrogen-bond acceptors (Lipinski definition) is 3. The molecule has 2 aromatic rings. The van der Waals surface area contributed by atoms with Gasteiger partial charge in [-0.15, -0.1) is 11.3 Å². The van der Waals surface area contributed by atoms with Gasteiger partial charge in [-0.05, 0) is 36.9 Å². The van der Waals surface area contributed by atoms with Crippen molar-refractivity contribution in [3.63, 3.8) is 0 Å². The van der Waals surface area contributed by atoms with Gasteiger partial charge < -0.3 is 5.32 Å². The number of benzene rings is 1. The molecule has 18 heavy (non-hydrogen) atoms. The van der Waals surface area contributed by atoms with Crippen LogP contribution in [-0.4, -0.2) is 11.5 Å². The van der Waals surface area contributed by atoms with E-state index in [1.807, 2.05) is 11.3 Å². The third-order valence-corrected chi connectivity index (χ3v) is 5.09. The summed E-state index contributed by atoms with van der Waals surface area (Å²) in [5, 5.41) is 7.08. The number of thiazole rings is 1. The van der Waals surface area contributed by atoms with E-state index in [0.29, 0.717) is 12.0 Å². The zero-order valence-corrected chi connectivity index (χ0v) is 11.0. The van der Waals surface area contributed by atoms with Crippen molar-refractivity contribution < 1.29 is 0 Å². The molecular formula is C15H16N2S. The second-order valence-corrected chi connectivity index (χ2v) is 6.10. The van der Waals surface area contributed by atoms with Crippen LogP contribution in [0.15, 0.2) is 29.6 Å². The normalized spacial score (nSPS) is 25.8. The third kappa shape index (κ3) is 1.62. The van der Waals surface area contributed by atoms with Crippen LogP contribution >= 0.6 is 11.3 Å².